The van der Waals surface area contributed by atoms with Crippen molar-refractivity contribution in [3.63, 3.8) is 0 Å². The number of allylic oxidation sites excluding steroid dienone is 1. The Balaban J connectivity index is 1.94. The molecule has 0 spiro atoms. The maximum Gasteiger partial charge on any atom is 0.226 e. The zero-order valence-electron chi connectivity index (χ0n) is 9.10. The van der Waals surface area contributed by atoms with E-state index in [0.717, 1.165) is 24.2 Å². The molecule has 0 aromatic rings. The topological polar surface area (TPSA) is 46.6 Å². The molecule has 2 heterocycles. The van der Waals surface area contributed by atoms with Crippen LogP contribution >= 0.6 is 0 Å². The van der Waals surface area contributed by atoms with Gasteiger partial charge in [0.15, 0.2) is 12.0 Å². The van der Waals surface area contributed by atoms with E-state index in [4.69, 9.17) is 4.74 Å². The molecule has 0 aromatic heterocycles. The molecule has 0 saturated heterocycles. The van der Waals surface area contributed by atoms with Gasteiger partial charge in [-0.3, -0.25) is 14.5 Å². The predicted molar refractivity (Wildman–Crippen MR) is 55.9 cm³/mol. The highest BCUT2D eigenvalue weighted by atomic mass is 16.5. The molecule has 2 atom stereocenters. The van der Waals surface area contributed by atoms with Gasteiger partial charge in [0.25, 0.3) is 0 Å². The van der Waals surface area contributed by atoms with Crippen LogP contribution < -0.4 is 0 Å². The third-order valence-electron chi connectivity index (χ3n) is 3.40. The van der Waals surface area contributed by atoms with Crippen molar-refractivity contribution >= 4 is 11.7 Å². The van der Waals surface area contributed by atoms with Gasteiger partial charge in [-0.15, -0.1) is 0 Å². The molecule has 2 aliphatic heterocycles. The standard InChI is InChI=1S/C12H13NO3/c1-7(14)13-6-5-8-11-9(15)3-2-4-10(11)16-12(8)13/h5-6,8,12H,2-4H2,1H3/t8-,12+/m0/s1. The summed E-state index contributed by atoms with van der Waals surface area (Å²) in [7, 11) is 0. The molecule has 16 heavy (non-hydrogen) atoms. The first-order valence-electron chi connectivity index (χ1n) is 5.58. The van der Waals surface area contributed by atoms with Crippen molar-refractivity contribution in [2.24, 2.45) is 5.92 Å². The molecular weight excluding hydrogens is 206 g/mol. The van der Waals surface area contributed by atoms with Crippen LogP contribution in [0.5, 0.6) is 0 Å². The smallest absolute Gasteiger partial charge is 0.226 e. The minimum absolute atomic E-state index is 0.0355. The monoisotopic (exact) mass is 219 g/mol. The van der Waals surface area contributed by atoms with E-state index in [2.05, 4.69) is 0 Å². The van der Waals surface area contributed by atoms with E-state index in [1.807, 2.05) is 6.08 Å². The number of ketones is 1. The van der Waals surface area contributed by atoms with Crippen molar-refractivity contribution in [2.75, 3.05) is 0 Å². The highest BCUT2D eigenvalue weighted by Gasteiger charge is 2.45. The minimum atomic E-state index is -0.301. The molecule has 3 rings (SSSR count). The number of hydrogen-bond donors (Lipinski definition) is 0. The summed E-state index contributed by atoms with van der Waals surface area (Å²) in [6.45, 7) is 1.51. The summed E-state index contributed by atoms with van der Waals surface area (Å²) in [6.07, 6.45) is 5.62. The predicted octanol–water partition coefficient (Wildman–Crippen LogP) is 1.34. The summed E-state index contributed by atoms with van der Waals surface area (Å²) in [4.78, 5) is 24.8. The number of ether oxygens (including phenoxy) is 1. The second-order valence-electron chi connectivity index (χ2n) is 4.42. The molecule has 0 bridgehead atoms. The number of hydrogen-bond acceptors (Lipinski definition) is 3. The second kappa shape index (κ2) is 3.20. The molecule has 0 aromatic carbocycles. The fourth-order valence-corrected chi connectivity index (χ4v) is 2.67. The van der Waals surface area contributed by atoms with Gasteiger partial charge in [-0.05, 0) is 6.42 Å². The van der Waals surface area contributed by atoms with Crippen LogP contribution in [0, 0.1) is 5.92 Å². The first-order valence-corrected chi connectivity index (χ1v) is 5.58. The van der Waals surface area contributed by atoms with Crippen LogP contribution in [0.3, 0.4) is 0 Å². The number of rotatable bonds is 0. The molecule has 0 N–H and O–H groups in total. The lowest BCUT2D eigenvalue weighted by Crippen LogP contribution is -2.34. The summed E-state index contributed by atoms with van der Waals surface area (Å²) in [5.74, 6) is 0.911. The van der Waals surface area contributed by atoms with E-state index in [9.17, 15) is 9.59 Å². The first kappa shape index (κ1) is 9.63. The van der Waals surface area contributed by atoms with Crippen LogP contribution in [0.1, 0.15) is 26.2 Å². The van der Waals surface area contributed by atoms with Crippen molar-refractivity contribution in [1.29, 1.82) is 0 Å². The van der Waals surface area contributed by atoms with E-state index >= 15 is 0 Å². The summed E-state index contributed by atoms with van der Waals surface area (Å²) in [5, 5.41) is 0. The largest absolute Gasteiger partial charge is 0.473 e. The van der Waals surface area contributed by atoms with Gasteiger partial charge in [0.1, 0.15) is 5.76 Å². The van der Waals surface area contributed by atoms with Crippen LogP contribution in [0.2, 0.25) is 0 Å². The number of amides is 1. The molecule has 4 heteroatoms. The van der Waals surface area contributed by atoms with Crippen molar-refractivity contribution in [3.05, 3.63) is 23.6 Å². The third-order valence-corrected chi connectivity index (χ3v) is 3.40. The fraction of sp³-hybridized carbons (Fsp3) is 0.500. The molecule has 4 nitrogen and oxygen atoms in total. The Bertz CT molecular complexity index is 436. The second-order valence-corrected chi connectivity index (χ2v) is 4.42. The lowest BCUT2D eigenvalue weighted by atomic mass is 9.89. The van der Waals surface area contributed by atoms with Gasteiger partial charge in [-0.2, -0.15) is 0 Å². The fourth-order valence-electron chi connectivity index (χ4n) is 2.67. The van der Waals surface area contributed by atoms with Crippen LogP contribution in [-0.4, -0.2) is 22.8 Å². The number of fused-ring (bicyclic) bond motifs is 2. The number of carbonyl (C=O) groups excluding carboxylic acids is 2. The van der Waals surface area contributed by atoms with Crippen molar-refractivity contribution in [1.82, 2.24) is 4.90 Å². The normalized spacial score (nSPS) is 31.6. The van der Waals surface area contributed by atoms with Gasteiger partial charge in [-0.25, -0.2) is 0 Å². The minimum Gasteiger partial charge on any atom is -0.473 e. The van der Waals surface area contributed by atoms with E-state index in [1.54, 1.807) is 11.1 Å². The zero-order chi connectivity index (χ0) is 11.3. The molecule has 3 aliphatic rings. The van der Waals surface area contributed by atoms with Crippen molar-refractivity contribution in [3.8, 4) is 0 Å². The number of Topliss-reactive ketones (excluding diaryl/α,β-unsaturated/α-hetero) is 1. The van der Waals surface area contributed by atoms with E-state index in [0.29, 0.717) is 6.42 Å². The van der Waals surface area contributed by atoms with Gasteiger partial charge in [-0.1, -0.05) is 6.08 Å². The van der Waals surface area contributed by atoms with Crippen LogP contribution in [0.25, 0.3) is 0 Å². The Labute approximate surface area is 93.6 Å². The third kappa shape index (κ3) is 1.16. The Morgan fingerprint density at radius 3 is 3.06 bits per heavy atom. The Morgan fingerprint density at radius 1 is 1.50 bits per heavy atom. The maximum absolute atomic E-state index is 11.8. The maximum atomic E-state index is 11.8. The van der Waals surface area contributed by atoms with Crippen LogP contribution in [-0.2, 0) is 14.3 Å². The summed E-state index contributed by atoms with van der Waals surface area (Å²) in [5.41, 5.74) is 0.802. The van der Waals surface area contributed by atoms with Gasteiger partial charge in [0.2, 0.25) is 5.91 Å². The Morgan fingerprint density at radius 2 is 2.31 bits per heavy atom. The summed E-state index contributed by atoms with van der Waals surface area (Å²) in [6, 6.07) is 0. The highest BCUT2D eigenvalue weighted by molar-refractivity contribution is 5.98. The van der Waals surface area contributed by atoms with Gasteiger partial charge in [0.05, 0.1) is 5.92 Å². The molecule has 84 valence electrons. The van der Waals surface area contributed by atoms with Crippen LogP contribution in [0.15, 0.2) is 23.6 Å². The number of nitrogens with zero attached hydrogens (tertiary/aromatic N) is 1. The van der Waals surface area contributed by atoms with E-state index in [1.165, 1.54) is 6.92 Å². The average molecular weight is 219 g/mol. The first-order chi connectivity index (χ1) is 7.68. The SMILES string of the molecule is CC(=O)N1C=C[C@H]2C3=C(CCCC3=O)O[C@H]21. The molecule has 0 radical (unpaired) electrons. The molecule has 1 amide bonds. The number of carbonyl (C=O) groups is 2. The molecule has 0 saturated carbocycles. The lowest BCUT2D eigenvalue weighted by molar-refractivity contribution is -0.134. The zero-order valence-corrected chi connectivity index (χ0v) is 9.10. The van der Waals surface area contributed by atoms with E-state index in [-0.39, 0.29) is 23.8 Å². The quantitative estimate of drug-likeness (QED) is 0.617. The van der Waals surface area contributed by atoms with Gasteiger partial charge >= 0.3 is 0 Å². The van der Waals surface area contributed by atoms with Crippen LogP contribution in [0.4, 0.5) is 0 Å². The highest BCUT2D eigenvalue weighted by Crippen LogP contribution is 2.42. The average Bonchev–Trinajstić information content (AvgIpc) is 2.74. The lowest BCUT2D eigenvalue weighted by Gasteiger charge is -2.22. The van der Waals surface area contributed by atoms with Crippen molar-refractivity contribution < 1.29 is 14.3 Å². The Hall–Kier alpha value is -1.58. The Kier molecular flexibility index (Phi) is 1.93. The van der Waals surface area contributed by atoms with Crippen molar-refractivity contribution in [2.45, 2.75) is 32.4 Å². The molecular formula is C12H13NO3. The van der Waals surface area contributed by atoms with Gasteiger partial charge in [0, 0.05) is 31.5 Å². The molecule has 0 unspecified atom stereocenters. The van der Waals surface area contributed by atoms with E-state index < -0.39 is 0 Å². The van der Waals surface area contributed by atoms with Gasteiger partial charge < -0.3 is 4.74 Å². The molecule has 0 fully saturated rings. The summed E-state index contributed by atoms with van der Waals surface area (Å²) < 4.78 is 5.74. The molecule has 1 aliphatic carbocycles. The summed E-state index contributed by atoms with van der Waals surface area (Å²) >= 11 is 0.